The van der Waals surface area contributed by atoms with Crippen LogP contribution in [0.2, 0.25) is 0 Å². The molecule has 31 heavy (non-hydrogen) atoms. The van der Waals surface area contributed by atoms with Gasteiger partial charge in [0.05, 0.1) is 20.3 Å². The number of amides is 1. The molecule has 10 heteroatoms. The zero-order valence-electron chi connectivity index (χ0n) is 18.5. The first-order chi connectivity index (χ1) is 14.5. The summed E-state index contributed by atoms with van der Waals surface area (Å²) < 4.78 is 45.8. The van der Waals surface area contributed by atoms with Gasteiger partial charge in [0.15, 0.2) is 0 Å². The maximum Gasteiger partial charge on any atom is 0.410 e. The van der Waals surface area contributed by atoms with E-state index in [9.17, 15) is 13.9 Å². The minimum absolute atomic E-state index is 0.00206. The third-order valence-electron chi connectivity index (χ3n) is 5.08. The van der Waals surface area contributed by atoms with Gasteiger partial charge in [0, 0.05) is 37.9 Å². The Balaban J connectivity index is 1.52. The molecule has 0 aromatic heterocycles. The molecule has 2 N–H and O–H groups in total. The van der Waals surface area contributed by atoms with Gasteiger partial charge in [0.2, 0.25) is 11.2 Å². The zero-order valence-corrected chi connectivity index (χ0v) is 19.4. The van der Waals surface area contributed by atoms with Gasteiger partial charge in [0.1, 0.15) is 23.2 Å². The fourth-order valence-electron chi connectivity index (χ4n) is 3.52. The topological polar surface area (TPSA) is 107 Å². The number of benzene rings is 1. The van der Waals surface area contributed by atoms with Crippen molar-refractivity contribution in [3.05, 3.63) is 23.8 Å². The van der Waals surface area contributed by atoms with E-state index in [1.54, 1.807) is 12.0 Å². The van der Waals surface area contributed by atoms with E-state index in [2.05, 4.69) is 0 Å². The molecule has 2 fully saturated rings. The van der Waals surface area contributed by atoms with Crippen LogP contribution in [0.4, 0.5) is 4.79 Å². The van der Waals surface area contributed by atoms with Gasteiger partial charge in [-0.15, -0.1) is 0 Å². The van der Waals surface area contributed by atoms with E-state index in [0.717, 1.165) is 18.4 Å². The van der Waals surface area contributed by atoms with Crippen molar-refractivity contribution in [2.75, 3.05) is 33.4 Å². The lowest BCUT2D eigenvalue weighted by Crippen LogP contribution is -2.44. The Morgan fingerprint density at radius 1 is 1.19 bits per heavy atom. The predicted octanol–water partition coefficient (Wildman–Crippen LogP) is 4.26. The monoisotopic (exact) mass is 459 g/mol. The maximum atomic E-state index is 12.2. The molecule has 3 rings (SSSR count). The van der Waals surface area contributed by atoms with Crippen molar-refractivity contribution in [2.45, 2.75) is 51.7 Å². The molecule has 1 amide bonds. The van der Waals surface area contributed by atoms with Gasteiger partial charge < -0.3 is 19.1 Å². The lowest BCUT2D eigenvalue weighted by Gasteiger charge is -2.34. The van der Waals surface area contributed by atoms with Crippen LogP contribution in [0.3, 0.4) is 0 Å². The molecule has 2 saturated heterocycles. The van der Waals surface area contributed by atoms with Crippen LogP contribution >= 0.6 is 11.2 Å². The third-order valence-corrected chi connectivity index (χ3v) is 5.96. The van der Waals surface area contributed by atoms with E-state index in [-0.39, 0.29) is 31.3 Å². The van der Waals surface area contributed by atoms with Crippen molar-refractivity contribution in [1.82, 2.24) is 4.90 Å². The highest BCUT2D eigenvalue weighted by atomic mass is 32.3. The van der Waals surface area contributed by atoms with Crippen molar-refractivity contribution >= 4 is 17.2 Å². The minimum Gasteiger partial charge on any atom is -0.496 e. The molecule has 1 aromatic carbocycles. The summed E-state index contributed by atoms with van der Waals surface area (Å²) >= 11 is -3.35. The Kier molecular flexibility index (Phi) is 7.59. The summed E-state index contributed by atoms with van der Waals surface area (Å²) in [5.41, 5.74) is 0.462. The van der Waals surface area contributed by atoms with E-state index >= 15 is 0 Å². The molecule has 1 aromatic rings. The molecular weight excluding hydrogens is 426 g/mol. The molecular formula is C21H33NO8S. The number of piperidine rings is 1. The number of carbonyl (C=O) groups excluding carboxylic acids is 1. The number of rotatable bonds is 5. The first-order valence-corrected chi connectivity index (χ1v) is 11.8. The van der Waals surface area contributed by atoms with Gasteiger partial charge in [-0.2, -0.15) is 0 Å². The van der Waals surface area contributed by atoms with Crippen molar-refractivity contribution in [1.29, 1.82) is 0 Å². The lowest BCUT2D eigenvalue weighted by molar-refractivity contribution is 0.0126. The summed E-state index contributed by atoms with van der Waals surface area (Å²) in [5, 5.41) is 0. The van der Waals surface area contributed by atoms with Crippen LogP contribution in [0.15, 0.2) is 18.2 Å². The van der Waals surface area contributed by atoms with Gasteiger partial charge in [0.25, 0.3) is 0 Å². The van der Waals surface area contributed by atoms with E-state index in [1.165, 1.54) is 0 Å². The first kappa shape index (κ1) is 23.9. The highest BCUT2D eigenvalue weighted by molar-refractivity contribution is 8.16. The van der Waals surface area contributed by atoms with Crippen molar-refractivity contribution in [3.63, 3.8) is 0 Å². The van der Waals surface area contributed by atoms with Gasteiger partial charge in [-0.3, -0.25) is 17.5 Å². The smallest absolute Gasteiger partial charge is 0.410 e. The summed E-state index contributed by atoms with van der Waals surface area (Å²) in [5.74, 6) is 1.40. The predicted molar refractivity (Wildman–Crippen MR) is 116 cm³/mol. The highest BCUT2D eigenvalue weighted by Gasteiger charge is 2.30. The molecule has 2 heterocycles. The highest BCUT2D eigenvalue weighted by Crippen LogP contribution is 2.45. The Morgan fingerprint density at radius 3 is 2.42 bits per heavy atom. The molecule has 2 aliphatic rings. The van der Waals surface area contributed by atoms with Gasteiger partial charge in [-0.25, -0.2) is 4.79 Å². The number of carbonyl (C=O) groups is 1. The normalized spacial score (nSPS) is 21.4. The number of nitrogens with zero attached hydrogens (tertiary/aromatic N) is 1. The number of hydrogen-bond donors (Lipinski definition) is 2. The molecule has 0 atom stereocenters. The lowest BCUT2D eigenvalue weighted by atomic mass is 10.00. The number of ether oxygens (including phenoxy) is 3. The SMILES string of the molecule is COc1cc(OC2CCN(C(=O)OC(C)(C)C)CC2)ccc1CC1COS(O)(O)OC1. The fourth-order valence-corrected chi connectivity index (χ4v) is 4.33. The molecule has 0 radical (unpaired) electrons. The van der Waals surface area contributed by atoms with Crippen molar-refractivity contribution in [2.24, 2.45) is 5.92 Å². The maximum absolute atomic E-state index is 12.2. The Morgan fingerprint density at radius 2 is 1.84 bits per heavy atom. The molecule has 0 aliphatic carbocycles. The summed E-state index contributed by atoms with van der Waals surface area (Å²) in [6.45, 7) is 7.18. The molecule has 0 bridgehead atoms. The summed E-state index contributed by atoms with van der Waals surface area (Å²) in [6.07, 6.45) is 1.81. The van der Waals surface area contributed by atoms with Crippen LogP contribution < -0.4 is 9.47 Å². The average Bonchev–Trinajstić information content (AvgIpc) is 2.70. The van der Waals surface area contributed by atoms with Crippen LogP contribution in [0.25, 0.3) is 0 Å². The number of likely N-dealkylation sites (tertiary alicyclic amines) is 1. The first-order valence-electron chi connectivity index (χ1n) is 10.4. The zero-order chi connectivity index (χ0) is 22.6. The van der Waals surface area contributed by atoms with Crippen LogP contribution in [0, 0.1) is 5.92 Å². The second-order valence-electron chi connectivity index (χ2n) is 8.85. The molecule has 176 valence electrons. The van der Waals surface area contributed by atoms with Crippen molar-refractivity contribution < 1.29 is 36.5 Å². The average molecular weight is 460 g/mol. The van der Waals surface area contributed by atoms with Crippen molar-refractivity contribution in [3.8, 4) is 11.5 Å². The van der Waals surface area contributed by atoms with Crippen LogP contribution in [0.1, 0.15) is 39.2 Å². The van der Waals surface area contributed by atoms with Gasteiger partial charge in [-0.05, 0) is 38.8 Å². The van der Waals surface area contributed by atoms with Crippen LogP contribution in [-0.4, -0.2) is 65.2 Å². The Bertz CT molecular complexity index is 748. The van der Waals surface area contributed by atoms with Crippen LogP contribution in [-0.2, 0) is 19.5 Å². The van der Waals surface area contributed by atoms with Gasteiger partial charge >= 0.3 is 6.09 Å². The third kappa shape index (κ3) is 7.15. The summed E-state index contributed by atoms with van der Waals surface area (Å²) in [4.78, 5) is 13.9. The molecule has 0 spiro atoms. The second-order valence-corrected chi connectivity index (χ2v) is 10.2. The quantitative estimate of drug-likeness (QED) is 0.673. The van der Waals surface area contributed by atoms with E-state index in [1.807, 2.05) is 39.0 Å². The van der Waals surface area contributed by atoms with E-state index in [4.69, 9.17) is 22.6 Å². The van der Waals surface area contributed by atoms with E-state index < -0.39 is 16.8 Å². The summed E-state index contributed by atoms with van der Waals surface area (Å²) in [6, 6.07) is 5.70. The number of methoxy groups -OCH3 is 1. The largest absolute Gasteiger partial charge is 0.496 e. The van der Waals surface area contributed by atoms with Crippen LogP contribution in [0.5, 0.6) is 11.5 Å². The van der Waals surface area contributed by atoms with Gasteiger partial charge in [-0.1, -0.05) is 6.07 Å². The number of hydrogen-bond acceptors (Lipinski definition) is 8. The molecule has 0 unspecified atom stereocenters. The minimum atomic E-state index is -3.35. The molecule has 9 nitrogen and oxygen atoms in total. The second kappa shape index (κ2) is 9.83. The molecule has 2 aliphatic heterocycles. The molecule has 0 saturated carbocycles. The fraction of sp³-hybridized carbons (Fsp3) is 0.667. The van der Waals surface area contributed by atoms with E-state index in [0.29, 0.717) is 31.0 Å². The Labute approximate surface area is 185 Å². The Hall–Kier alpha value is -1.72. The standard InChI is InChI=1S/C21H33NO8S/c1-21(2,3)30-20(23)22-9-7-17(8-10-22)29-18-6-5-16(19(12-18)26-4)11-15-13-27-31(24,25)28-14-15/h5-6,12,15,17,24-25H,7-11,13-14H2,1-4H3. The summed E-state index contributed by atoms with van der Waals surface area (Å²) in [7, 11) is 1.60.